The second kappa shape index (κ2) is 64.1. The van der Waals surface area contributed by atoms with Crippen LogP contribution in [0.1, 0.15) is 322 Å². The van der Waals surface area contributed by atoms with Crippen molar-refractivity contribution >= 4 is 46.3 Å². The monoisotopic (exact) mass is 1420 g/mol. The van der Waals surface area contributed by atoms with Crippen LogP contribution >= 0.6 is 0 Å². The minimum absolute atomic E-state index is 0.0846. The predicted octanol–water partition coefficient (Wildman–Crippen LogP) is 27.4. The molecule has 102 heavy (non-hydrogen) atoms. The maximum absolute atomic E-state index is 11.6. The van der Waals surface area contributed by atoms with E-state index < -0.39 is 0 Å². The molecule has 0 saturated heterocycles. The zero-order valence-electron chi connectivity index (χ0n) is 73.8. The molecule has 582 valence electrons. The van der Waals surface area contributed by atoms with Gasteiger partial charge in [-0.15, -0.1) is 0 Å². The normalized spacial score (nSPS) is 14.5. The smallest absolute Gasteiger partial charge is 0.181 e. The van der Waals surface area contributed by atoms with Crippen LogP contribution in [0.25, 0.3) is 0 Å². The average molecular weight is 1420 g/mol. The lowest BCUT2D eigenvalue weighted by Crippen LogP contribution is -2.21. The Morgan fingerprint density at radius 1 is 0.333 bits per heavy atom. The summed E-state index contributed by atoms with van der Waals surface area (Å²) < 4.78 is 0. The van der Waals surface area contributed by atoms with Crippen LogP contribution in [0.15, 0.2) is 175 Å². The number of rotatable bonds is 29. The molecule has 0 bridgehead atoms. The molecule has 0 spiro atoms. The van der Waals surface area contributed by atoms with Crippen molar-refractivity contribution < 1.29 is 38.4 Å². The van der Waals surface area contributed by atoms with Gasteiger partial charge in [0.1, 0.15) is 0 Å². The third-order valence-electron chi connectivity index (χ3n) is 19.1. The van der Waals surface area contributed by atoms with Crippen LogP contribution < -0.4 is 0 Å². The van der Waals surface area contributed by atoms with Crippen molar-refractivity contribution in [3.8, 4) is 0 Å². The average Bonchev–Trinajstić information content (AvgIpc) is 0.872. The lowest BCUT2D eigenvalue weighted by Gasteiger charge is -2.21. The Hall–Kier alpha value is -6.54. The third kappa shape index (κ3) is 52.4. The van der Waals surface area contributed by atoms with Crippen molar-refractivity contribution in [2.45, 2.75) is 322 Å². The van der Waals surface area contributed by atoms with Crippen LogP contribution in [-0.2, 0) is 38.4 Å². The number of carbonyl (C=O) groups excluding carboxylic acids is 8. The number of hydrogen-bond donors (Lipinski definition) is 0. The Labute approximate surface area is 631 Å². The molecule has 0 rings (SSSR count). The van der Waals surface area contributed by atoms with Gasteiger partial charge in [-0.25, -0.2) is 0 Å². The molecular formula is C94H158O8. The molecule has 0 saturated carbocycles. The van der Waals surface area contributed by atoms with Crippen LogP contribution in [0.5, 0.6) is 0 Å². The Kier molecular flexibility index (Phi) is 70.0. The van der Waals surface area contributed by atoms with Gasteiger partial charge in [0, 0.05) is 5.92 Å². The highest BCUT2D eigenvalue weighted by Crippen LogP contribution is 2.28. The first kappa shape index (κ1) is 111. The summed E-state index contributed by atoms with van der Waals surface area (Å²) in [4.78, 5) is 91.7. The molecule has 0 aliphatic heterocycles. The third-order valence-corrected chi connectivity index (χ3v) is 19.1. The van der Waals surface area contributed by atoms with Crippen LogP contribution in [0.3, 0.4) is 0 Å². The van der Waals surface area contributed by atoms with Crippen LogP contribution in [0.4, 0.5) is 0 Å². The number of carbonyl (C=O) groups is 8. The maximum atomic E-state index is 11.6. The summed E-state index contributed by atoms with van der Waals surface area (Å²) in [6.07, 6.45) is 32.0. The van der Waals surface area contributed by atoms with E-state index in [0.29, 0.717) is 41.4 Å². The van der Waals surface area contributed by atoms with Gasteiger partial charge in [0.15, 0.2) is 46.3 Å². The van der Waals surface area contributed by atoms with Gasteiger partial charge >= 0.3 is 0 Å². The zero-order chi connectivity index (χ0) is 82.2. The molecule has 0 radical (unpaired) electrons. The van der Waals surface area contributed by atoms with Crippen molar-refractivity contribution in [1.29, 1.82) is 0 Å². The molecule has 0 aromatic carbocycles. The highest BCUT2D eigenvalue weighted by Gasteiger charge is 2.21. The molecule has 4 atom stereocenters. The SMILES string of the molecule is C/C=C/C(=O)/C(C)=C(/C)C(C)C.C/C=C/C(=O)/C(C)=C(\C)C(C)(C)C.C/C=C/C(=O)/C(C)=C(\C)C(C)CC.C/C=C/C(=O)C(C)=C(C)C(C)C.C/C=C/C(=O)C(C)=C(CC)C(C)CC.C/C=C/C(=O)C(C)=C(CC)CCC.C/C=C/C(=O)C(C)C(C)C(C)C.CC(C)=CC(=O)/C(C)=C(/C)C(C)C. The number of ketones is 8. The highest BCUT2D eigenvalue weighted by molar-refractivity contribution is 6.07. The van der Waals surface area contributed by atoms with E-state index in [2.05, 4.69) is 132 Å². The van der Waals surface area contributed by atoms with Gasteiger partial charge in [-0.05, 0) is 312 Å². The van der Waals surface area contributed by atoms with Gasteiger partial charge in [-0.3, -0.25) is 38.4 Å². The Morgan fingerprint density at radius 2 is 0.618 bits per heavy atom. The first-order chi connectivity index (χ1) is 47.0. The van der Waals surface area contributed by atoms with Crippen LogP contribution in [0, 0.1) is 52.8 Å². The predicted molar refractivity (Wildman–Crippen MR) is 452 cm³/mol. The second-order valence-electron chi connectivity index (χ2n) is 29.2. The minimum Gasteiger partial charge on any atom is -0.295 e. The standard InChI is InChI=1S/C13H22O.4C12H20O.C11H20O.2C11H18O/c1-6-9-13(14)11(5)12(8-3)10(4)7-2;1-8(2)7-12(13)11(6)10(5)9(3)4;1-7-8-11(13)9(2)10(3)12(4,5)6;1-6-8-12(13)11(5)10(4)9(3)7-2;1-5-8-11(7-3)10(4)12(13)9-6-2;3*1-6-7-11(12)10(5)9(4)8(2)3/h6,9-10H,7-8H2,1-5H3;7,9H,1-6H3;7-8H,1-6H3;6,8-9H,7H2,1-5H3;6,9H,5,7-8H2,1-4H3;6-10H,1-5H3;2*6-8H,1-5H3/b9-6+,12-11?;11-10-;8-7+,10-9+;8-6+,11-10+;9-6+,11-10?;7-6+;7-6+,10-9?;7-6+,10-9-. The maximum Gasteiger partial charge on any atom is 0.181 e. The summed E-state index contributed by atoms with van der Waals surface area (Å²) in [5, 5.41) is 0. The molecule has 0 heterocycles. The highest BCUT2D eigenvalue weighted by atomic mass is 16.2. The topological polar surface area (TPSA) is 137 Å². The Balaban J connectivity index is -0.000000165. The quantitative estimate of drug-likeness (QED) is 0.0675. The lowest BCUT2D eigenvalue weighted by molar-refractivity contribution is -0.119. The zero-order valence-corrected chi connectivity index (χ0v) is 73.8. The fourth-order valence-electron chi connectivity index (χ4n) is 9.17. The fraction of sp³-hybridized carbons (Fsp3) is 0.596. The van der Waals surface area contributed by atoms with Gasteiger partial charge < -0.3 is 0 Å². The molecular weight excluding hydrogens is 1260 g/mol. The van der Waals surface area contributed by atoms with E-state index >= 15 is 0 Å². The summed E-state index contributed by atoms with van der Waals surface area (Å²) in [5.41, 5.74) is 15.9. The molecule has 0 aliphatic rings. The fourth-order valence-corrected chi connectivity index (χ4v) is 9.17. The summed E-state index contributed by atoms with van der Waals surface area (Å²) in [6.45, 7) is 82.8. The molecule has 0 N–H and O–H groups in total. The first-order valence-electron chi connectivity index (χ1n) is 38.1. The molecule has 4 unspecified atom stereocenters. The van der Waals surface area contributed by atoms with Gasteiger partial charge in [-0.2, -0.15) is 0 Å². The van der Waals surface area contributed by atoms with E-state index in [-0.39, 0.29) is 57.6 Å². The molecule has 0 aromatic rings. The number of allylic oxidation sites excluding steroid dienone is 30. The van der Waals surface area contributed by atoms with E-state index in [0.717, 1.165) is 88.7 Å². The molecule has 0 aromatic heterocycles. The van der Waals surface area contributed by atoms with Crippen molar-refractivity contribution in [3.05, 3.63) is 175 Å². The summed E-state index contributed by atoms with van der Waals surface area (Å²) in [6, 6.07) is 0. The van der Waals surface area contributed by atoms with Crippen molar-refractivity contribution in [2.24, 2.45) is 52.8 Å². The second-order valence-corrected chi connectivity index (χ2v) is 29.2. The van der Waals surface area contributed by atoms with Crippen molar-refractivity contribution in [3.63, 3.8) is 0 Å². The van der Waals surface area contributed by atoms with Gasteiger partial charge in [-0.1, -0.05) is 232 Å². The van der Waals surface area contributed by atoms with Gasteiger partial charge in [0.25, 0.3) is 0 Å². The first-order valence-corrected chi connectivity index (χ1v) is 38.1. The Bertz CT molecular complexity index is 2940. The van der Waals surface area contributed by atoms with E-state index in [1.165, 1.54) is 33.4 Å². The minimum atomic E-state index is 0.0846. The summed E-state index contributed by atoms with van der Waals surface area (Å²) in [5.74, 6) is 4.82. The van der Waals surface area contributed by atoms with Crippen LogP contribution in [-0.4, -0.2) is 46.3 Å². The van der Waals surface area contributed by atoms with E-state index in [9.17, 15) is 38.4 Å². The van der Waals surface area contributed by atoms with Crippen molar-refractivity contribution in [1.82, 2.24) is 0 Å². The van der Waals surface area contributed by atoms with Gasteiger partial charge in [0.05, 0.1) is 0 Å². The lowest BCUT2D eigenvalue weighted by atomic mass is 9.83. The van der Waals surface area contributed by atoms with E-state index in [1.807, 2.05) is 158 Å². The molecule has 0 aliphatic carbocycles. The Morgan fingerprint density at radius 3 is 0.863 bits per heavy atom. The molecule has 8 heteroatoms. The van der Waals surface area contributed by atoms with E-state index in [4.69, 9.17) is 0 Å². The van der Waals surface area contributed by atoms with Gasteiger partial charge in [0.2, 0.25) is 0 Å². The molecule has 0 amide bonds. The summed E-state index contributed by atoms with van der Waals surface area (Å²) >= 11 is 0. The summed E-state index contributed by atoms with van der Waals surface area (Å²) in [7, 11) is 0. The van der Waals surface area contributed by atoms with Crippen LogP contribution in [0.2, 0.25) is 0 Å². The van der Waals surface area contributed by atoms with Crippen molar-refractivity contribution in [2.75, 3.05) is 0 Å². The largest absolute Gasteiger partial charge is 0.295 e. The molecule has 8 nitrogen and oxygen atoms in total. The van der Waals surface area contributed by atoms with E-state index in [1.54, 1.807) is 85.1 Å². The molecule has 0 fully saturated rings. The number of hydrogen-bond acceptors (Lipinski definition) is 8.